The number of halogens is 4. The average molecular weight is 442 g/mol. The zero-order chi connectivity index (χ0) is 22.7. The van der Waals surface area contributed by atoms with Crippen molar-refractivity contribution in [2.45, 2.75) is 58.2 Å². The SMILES string of the molecule is CC(C)(C)c1ccc(Cl)c(C(=O)NCCC(C)(C)c2ccc(OC(F)(F)F)cc2)c1. The number of amides is 1. The Morgan fingerprint density at radius 1 is 0.967 bits per heavy atom. The maximum Gasteiger partial charge on any atom is 0.573 e. The van der Waals surface area contributed by atoms with Crippen LogP contribution in [0.3, 0.4) is 0 Å². The molecular weight excluding hydrogens is 415 g/mol. The minimum absolute atomic E-state index is 0.108. The van der Waals surface area contributed by atoms with E-state index < -0.39 is 6.36 Å². The van der Waals surface area contributed by atoms with Crippen molar-refractivity contribution >= 4 is 17.5 Å². The Morgan fingerprint density at radius 2 is 1.53 bits per heavy atom. The normalized spacial score (nSPS) is 12.6. The summed E-state index contributed by atoms with van der Waals surface area (Å²) in [6, 6.07) is 11.2. The summed E-state index contributed by atoms with van der Waals surface area (Å²) in [5, 5.41) is 3.28. The van der Waals surface area contributed by atoms with Gasteiger partial charge in [0.1, 0.15) is 5.75 Å². The van der Waals surface area contributed by atoms with E-state index in [1.165, 1.54) is 12.1 Å². The number of carbonyl (C=O) groups is 1. The van der Waals surface area contributed by atoms with E-state index in [1.807, 2.05) is 26.0 Å². The largest absolute Gasteiger partial charge is 0.573 e. The highest BCUT2D eigenvalue weighted by atomic mass is 35.5. The number of rotatable bonds is 6. The Morgan fingerprint density at radius 3 is 2.07 bits per heavy atom. The Bertz CT molecular complexity index is 885. The van der Waals surface area contributed by atoms with Crippen LogP contribution < -0.4 is 10.1 Å². The van der Waals surface area contributed by atoms with Crippen LogP contribution in [0, 0.1) is 0 Å². The smallest absolute Gasteiger partial charge is 0.406 e. The summed E-state index contributed by atoms with van der Waals surface area (Å²) in [5.41, 5.74) is 1.82. The van der Waals surface area contributed by atoms with Crippen molar-refractivity contribution in [3.63, 3.8) is 0 Å². The lowest BCUT2D eigenvalue weighted by atomic mass is 9.81. The van der Waals surface area contributed by atoms with Crippen LogP contribution in [0.5, 0.6) is 5.75 Å². The molecule has 0 aliphatic heterocycles. The van der Waals surface area contributed by atoms with E-state index in [4.69, 9.17) is 11.6 Å². The van der Waals surface area contributed by atoms with Gasteiger partial charge in [0.05, 0.1) is 10.6 Å². The maximum absolute atomic E-state index is 12.6. The van der Waals surface area contributed by atoms with E-state index in [2.05, 4.69) is 30.8 Å². The first kappa shape index (κ1) is 24.1. The number of ether oxygens (including phenoxy) is 1. The monoisotopic (exact) mass is 441 g/mol. The molecule has 0 aliphatic carbocycles. The zero-order valence-electron chi connectivity index (χ0n) is 17.8. The third kappa shape index (κ3) is 6.66. The summed E-state index contributed by atoms with van der Waals surface area (Å²) in [6.45, 7) is 10.5. The summed E-state index contributed by atoms with van der Waals surface area (Å²) >= 11 is 6.21. The quantitative estimate of drug-likeness (QED) is 0.546. The predicted octanol–water partition coefficient (Wildman–Crippen LogP) is 6.63. The van der Waals surface area contributed by atoms with Gasteiger partial charge in [0.25, 0.3) is 5.91 Å². The number of carbonyl (C=O) groups excluding carboxylic acids is 1. The fraction of sp³-hybridized carbons (Fsp3) is 0.435. The van der Waals surface area contributed by atoms with Crippen LogP contribution in [0.25, 0.3) is 0 Å². The molecule has 0 spiro atoms. The molecule has 0 saturated heterocycles. The number of nitrogens with one attached hydrogen (secondary N) is 1. The first-order valence-corrected chi connectivity index (χ1v) is 10.0. The van der Waals surface area contributed by atoms with Crippen molar-refractivity contribution in [3.8, 4) is 5.75 Å². The summed E-state index contributed by atoms with van der Waals surface area (Å²) in [5.74, 6) is -0.514. The summed E-state index contributed by atoms with van der Waals surface area (Å²) < 4.78 is 40.8. The first-order chi connectivity index (χ1) is 13.7. The molecule has 0 saturated carbocycles. The van der Waals surface area contributed by atoms with Gasteiger partial charge < -0.3 is 10.1 Å². The first-order valence-electron chi connectivity index (χ1n) is 9.63. The van der Waals surface area contributed by atoms with E-state index in [0.29, 0.717) is 23.6 Å². The third-order valence-corrected chi connectivity index (χ3v) is 5.31. The van der Waals surface area contributed by atoms with Crippen LogP contribution in [-0.4, -0.2) is 18.8 Å². The van der Waals surface area contributed by atoms with Gasteiger partial charge in [0.2, 0.25) is 0 Å². The van der Waals surface area contributed by atoms with Crippen LogP contribution in [0.4, 0.5) is 13.2 Å². The van der Waals surface area contributed by atoms with Gasteiger partial charge in [-0.05, 0) is 52.6 Å². The Kier molecular flexibility index (Phi) is 7.12. The van der Waals surface area contributed by atoms with Gasteiger partial charge in [0.15, 0.2) is 0 Å². The highest BCUT2D eigenvalue weighted by Gasteiger charge is 2.31. The van der Waals surface area contributed by atoms with Gasteiger partial charge in [-0.1, -0.05) is 64.4 Å². The van der Waals surface area contributed by atoms with Gasteiger partial charge >= 0.3 is 6.36 Å². The fourth-order valence-electron chi connectivity index (χ4n) is 3.00. The molecule has 2 aromatic carbocycles. The second-order valence-electron chi connectivity index (χ2n) is 8.91. The Hall–Kier alpha value is -2.21. The molecule has 0 atom stereocenters. The van der Waals surface area contributed by atoms with Crippen LogP contribution in [0.2, 0.25) is 5.02 Å². The molecule has 0 aromatic heterocycles. The summed E-state index contributed by atoms with van der Waals surface area (Å²) in [7, 11) is 0. The standard InChI is InChI=1S/C23H27ClF3NO2/c1-21(2,3)16-8-11-19(24)18(14-16)20(29)28-13-12-22(4,5)15-6-9-17(10-7-15)30-23(25,26)27/h6-11,14H,12-13H2,1-5H3,(H,28,29). The fourth-order valence-corrected chi connectivity index (χ4v) is 3.21. The van der Waals surface area contributed by atoms with E-state index in [-0.39, 0.29) is 22.5 Å². The molecule has 3 nitrogen and oxygen atoms in total. The molecule has 0 unspecified atom stereocenters. The van der Waals surface area contributed by atoms with Crippen LogP contribution >= 0.6 is 11.6 Å². The topological polar surface area (TPSA) is 38.3 Å². The third-order valence-electron chi connectivity index (χ3n) is 4.98. The van der Waals surface area contributed by atoms with Crippen molar-refractivity contribution in [3.05, 3.63) is 64.2 Å². The second kappa shape index (κ2) is 8.88. The van der Waals surface area contributed by atoms with Crippen molar-refractivity contribution in [1.29, 1.82) is 0 Å². The molecule has 0 bridgehead atoms. The summed E-state index contributed by atoms with van der Waals surface area (Å²) in [4.78, 5) is 12.6. The highest BCUT2D eigenvalue weighted by molar-refractivity contribution is 6.33. The lowest BCUT2D eigenvalue weighted by Crippen LogP contribution is -2.30. The lowest BCUT2D eigenvalue weighted by molar-refractivity contribution is -0.274. The van der Waals surface area contributed by atoms with Crippen molar-refractivity contribution in [1.82, 2.24) is 5.32 Å². The number of hydrogen-bond donors (Lipinski definition) is 1. The van der Waals surface area contributed by atoms with Crippen LogP contribution in [0.15, 0.2) is 42.5 Å². The Balaban J connectivity index is 2.01. The predicted molar refractivity (Wildman–Crippen MR) is 113 cm³/mol. The van der Waals surface area contributed by atoms with Gasteiger partial charge in [0, 0.05) is 6.54 Å². The lowest BCUT2D eigenvalue weighted by Gasteiger charge is -2.26. The van der Waals surface area contributed by atoms with Crippen molar-refractivity contribution in [2.24, 2.45) is 0 Å². The van der Waals surface area contributed by atoms with Gasteiger partial charge in [-0.2, -0.15) is 0 Å². The molecule has 164 valence electrons. The van der Waals surface area contributed by atoms with Gasteiger partial charge in [-0.15, -0.1) is 13.2 Å². The molecular formula is C23H27ClF3NO2. The van der Waals surface area contributed by atoms with E-state index in [1.54, 1.807) is 18.2 Å². The van der Waals surface area contributed by atoms with E-state index in [0.717, 1.165) is 11.1 Å². The minimum Gasteiger partial charge on any atom is -0.406 e. The molecule has 1 N–H and O–H groups in total. The zero-order valence-corrected chi connectivity index (χ0v) is 18.5. The second-order valence-corrected chi connectivity index (χ2v) is 9.31. The average Bonchev–Trinajstić information content (AvgIpc) is 2.60. The number of alkyl halides is 3. The van der Waals surface area contributed by atoms with Crippen molar-refractivity contribution < 1.29 is 22.7 Å². The van der Waals surface area contributed by atoms with Gasteiger partial charge in [-0.25, -0.2) is 0 Å². The molecule has 0 fully saturated rings. The molecule has 1 amide bonds. The van der Waals surface area contributed by atoms with E-state index >= 15 is 0 Å². The van der Waals surface area contributed by atoms with Crippen LogP contribution in [0.1, 0.15) is 62.5 Å². The van der Waals surface area contributed by atoms with Gasteiger partial charge in [-0.3, -0.25) is 4.79 Å². The molecule has 0 aliphatic rings. The van der Waals surface area contributed by atoms with Crippen molar-refractivity contribution in [2.75, 3.05) is 6.54 Å². The minimum atomic E-state index is -4.72. The van der Waals surface area contributed by atoms with E-state index in [9.17, 15) is 18.0 Å². The molecule has 2 rings (SSSR count). The molecule has 0 heterocycles. The molecule has 7 heteroatoms. The number of hydrogen-bond acceptors (Lipinski definition) is 2. The highest BCUT2D eigenvalue weighted by Crippen LogP contribution is 2.30. The summed E-state index contributed by atoms with van der Waals surface area (Å²) in [6.07, 6.45) is -4.12. The number of benzene rings is 2. The Labute approximate surface area is 180 Å². The molecule has 30 heavy (non-hydrogen) atoms. The molecule has 2 aromatic rings. The maximum atomic E-state index is 12.6. The molecule has 0 radical (unpaired) electrons. The van der Waals surface area contributed by atoms with Crippen LogP contribution in [-0.2, 0) is 10.8 Å².